The highest BCUT2D eigenvalue weighted by molar-refractivity contribution is 7.99. The number of halogens is 1. The number of hydrogen-bond acceptors (Lipinski definition) is 3. The molecule has 0 bridgehead atoms. The minimum Gasteiger partial charge on any atom is -0.391 e. The summed E-state index contributed by atoms with van der Waals surface area (Å²) in [6.45, 7) is 4.33. The summed E-state index contributed by atoms with van der Waals surface area (Å²) in [5.74, 6) is 0.549. The fourth-order valence-electron chi connectivity index (χ4n) is 1.76. The molecule has 2 N–H and O–H groups in total. The predicted octanol–water partition coefficient (Wildman–Crippen LogP) is 2.83. The first kappa shape index (κ1) is 17.0. The number of nitrogens with one attached hydrogen (secondary N) is 1. The van der Waals surface area contributed by atoms with Gasteiger partial charge in [0.1, 0.15) is 5.82 Å². The van der Waals surface area contributed by atoms with E-state index >= 15 is 0 Å². The highest BCUT2D eigenvalue weighted by atomic mass is 32.2. The Morgan fingerprint density at radius 1 is 1.40 bits per heavy atom. The Balaban J connectivity index is 2.19. The predicted molar refractivity (Wildman–Crippen MR) is 80.2 cm³/mol. The fraction of sp³-hybridized carbons (Fsp3) is 0.533. The van der Waals surface area contributed by atoms with Gasteiger partial charge in [-0.15, -0.1) is 11.8 Å². The number of aliphatic hydroxyl groups is 1. The SMILES string of the molecule is CC(C)CC(O)CNC(=O)CCSc1ccccc1F. The zero-order valence-electron chi connectivity index (χ0n) is 11.9. The Labute approximate surface area is 124 Å². The summed E-state index contributed by atoms with van der Waals surface area (Å²) >= 11 is 1.32. The molecule has 0 saturated carbocycles. The lowest BCUT2D eigenvalue weighted by molar-refractivity contribution is -0.121. The third kappa shape index (κ3) is 6.91. The molecule has 0 saturated heterocycles. The number of hydrogen-bond donors (Lipinski definition) is 2. The van der Waals surface area contributed by atoms with Gasteiger partial charge in [-0.25, -0.2) is 4.39 Å². The number of benzene rings is 1. The van der Waals surface area contributed by atoms with E-state index in [1.54, 1.807) is 18.2 Å². The van der Waals surface area contributed by atoms with Crippen LogP contribution in [-0.4, -0.2) is 29.4 Å². The molecule has 20 heavy (non-hydrogen) atoms. The lowest BCUT2D eigenvalue weighted by Crippen LogP contribution is -2.32. The van der Waals surface area contributed by atoms with E-state index in [9.17, 15) is 14.3 Å². The molecule has 1 unspecified atom stereocenters. The van der Waals surface area contributed by atoms with E-state index in [1.165, 1.54) is 17.8 Å². The van der Waals surface area contributed by atoms with Gasteiger partial charge in [0, 0.05) is 23.6 Å². The van der Waals surface area contributed by atoms with Gasteiger partial charge < -0.3 is 10.4 Å². The summed E-state index contributed by atoms with van der Waals surface area (Å²) in [5, 5.41) is 12.3. The smallest absolute Gasteiger partial charge is 0.220 e. The monoisotopic (exact) mass is 299 g/mol. The van der Waals surface area contributed by atoms with Crippen molar-refractivity contribution in [3.63, 3.8) is 0 Å². The van der Waals surface area contributed by atoms with Gasteiger partial charge in [-0.2, -0.15) is 0 Å². The Morgan fingerprint density at radius 3 is 2.75 bits per heavy atom. The van der Waals surface area contributed by atoms with Crippen LogP contribution < -0.4 is 5.32 Å². The van der Waals surface area contributed by atoms with Crippen molar-refractivity contribution in [3.8, 4) is 0 Å². The number of amides is 1. The van der Waals surface area contributed by atoms with Crippen molar-refractivity contribution in [1.29, 1.82) is 0 Å². The molecule has 1 atom stereocenters. The van der Waals surface area contributed by atoms with Gasteiger partial charge in [-0.3, -0.25) is 4.79 Å². The first-order valence-corrected chi connectivity index (χ1v) is 7.79. The Kier molecular flexibility index (Phi) is 7.62. The third-order valence-electron chi connectivity index (χ3n) is 2.70. The molecule has 3 nitrogen and oxygen atoms in total. The molecule has 1 aromatic rings. The number of carbonyl (C=O) groups excluding carboxylic acids is 1. The van der Waals surface area contributed by atoms with Gasteiger partial charge in [0.25, 0.3) is 0 Å². The largest absolute Gasteiger partial charge is 0.391 e. The van der Waals surface area contributed by atoms with Crippen LogP contribution in [0.2, 0.25) is 0 Å². The molecular formula is C15H22FNO2S. The van der Waals surface area contributed by atoms with Crippen LogP contribution in [0.25, 0.3) is 0 Å². The summed E-state index contributed by atoms with van der Waals surface area (Å²) in [7, 11) is 0. The number of thioether (sulfide) groups is 1. The molecule has 5 heteroatoms. The van der Waals surface area contributed by atoms with Crippen LogP contribution in [0.15, 0.2) is 29.2 Å². The maximum atomic E-state index is 13.3. The Morgan fingerprint density at radius 2 is 2.10 bits per heavy atom. The van der Waals surface area contributed by atoms with E-state index in [1.807, 2.05) is 13.8 Å². The molecule has 0 spiro atoms. The van der Waals surface area contributed by atoms with Crippen LogP contribution >= 0.6 is 11.8 Å². The molecule has 0 aromatic heterocycles. The second kappa shape index (κ2) is 8.97. The molecule has 1 amide bonds. The molecule has 0 aliphatic carbocycles. The van der Waals surface area contributed by atoms with Crippen molar-refractivity contribution in [3.05, 3.63) is 30.1 Å². The van der Waals surface area contributed by atoms with E-state index in [-0.39, 0.29) is 18.3 Å². The molecular weight excluding hydrogens is 277 g/mol. The first-order chi connectivity index (χ1) is 9.49. The second-order valence-electron chi connectivity index (χ2n) is 5.12. The van der Waals surface area contributed by atoms with Gasteiger partial charge in [-0.05, 0) is 24.5 Å². The summed E-state index contributed by atoms with van der Waals surface area (Å²) in [6, 6.07) is 6.52. The van der Waals surface area contributed by atoms with Crippen LogP contribution in [0.3, 0.4) is 0 Å². The molecule has 0 radical (unpaired) electrons. The standard InChI is InChI=1S/C15H22FNO2S/c1-11(2)9-12(18)10-17-15(19)7-8-20-14-6-4-3-5-13(14)16/h3-6,11-12,18H,7-10H2,1-2H3,(H,17,19). The molecule has 1 rings (SSSR count). The second-order valence-corrected chi connectivity index (χ2v) is 6.25. The maximum Gasteiger partial charge on any atom is 0.220 e. The molecule has 0 aliphatic rings. The van der Waals surface area contributed by atoms with E-state index in [0.29, 0.717) is 29.4 Å². The summed E-state index contributed by atoms with van der Waals surface area (Å²) in [5.41, 5.74) is 0. The highest BCUT2D eigenvalue weighted by Gasteiger charge is 2.09. The molecule has 0 fully saturated rings. The highest BCUT2D eigenvalue weighted by Crippen LogP contribution is 2.21. The molecule has 1 aromatic carbocycles. The van der Waals surface area contributed by atoms with Gasteiger partial charge in [0.2, 0.25) is 5.91 Å². The van der Waals surface area contributed by atoms with E-state index in [0.717, 1.165) is 0 Å². The maximum absolute atomic E-state index is 13.3. The van der Waals surface area contributed by atoms with Crippen molar-refractivity contribution in [2.45, 2.75) is 37.7 Å². The molecule has 112 valence electrons. The van der Waals surface area contributed by atoms with Gasteiger partial charge in [0.05, 0.1) is 6.10 Å². The topological polar surface area (TPSA) is 49.3 Å². The summed E-state index contributed by atoms with van der Waals surface area (Å²) < 4.78 is 13.3. The zero-order chi connectivity index (χ0) is 15.0. The number of rotatable bonds is 8. The van der Waals surface area contributed by atoms with Crippen LogP contribution in [0, 0.1) is 11.7 Å². The Bertz CT molecular complexity index is 426. The Hall–Kier alpha value is -1.07. The average molecular weight is 299 g/mol. The van der Waals surface area contributed by atoms with Crippen LogP contribution in [0.1, 0.15) is 26.7 Å². The van der Waals surface area contributed by atoms with E-state index < -0.39 is 6.10 Å². The number of aliphatic hydroxyl groups excluding tert-OH is 1. The van der Waals surface area contributed by atoms with Crippen LogP contribution in [0.5, 0.6) is 0 Å². The average Bonchev–Trinajstić information content (AvgIpc) is 2.38. The van der Waals surface area contributed by atoms with Crippen molar-refractivity contribution < 1.29 is 14.3 Å². The quantitative estimate of drug-likeness (QED) is 0.726. The normalized spacial score (nSPS) is 12.4. The van der Waals surface area contributed by atoms with Gasteiger partial charge in [0.15, 0.2) is 0 Å². The van der Waals surface area contributed by atoms with Crippen LogP contribution in [0.4, 0.5) is 4.39 Å². The molecule has 0 heterocycles. The third-order valence-corrected chi connectivity index (χ3v) is 3.75. The molecule has 0 aliphatic heterocycles. The number of carbonyl (C=O) groups is 1. The van der Waals surface area contributed by atoms with Crippen molar-refractivity contribution in [1.82, 2.24) is 5.32 Å². The van der Waals surface area contributed by atoms with Gasteiger partial charge in [-0.1, -0.05) is 26.0 Å². The summed E-state index contributed by atoms with van der Waals surface area (Å²) in [4.78, 5) is 12.1. The minimum atomic E-state index is -0.502. The zero-order valence-corrected chi connectivity index (χ0v) is 12.8. The first-order valence-electron chi connectivity index (χ1n) is 6.81. The lowest BCUT2D eigenvalue weighted by atomic mass is 10.1. The van der Waals surface area contributed by atoms with Crippen molar-refractivity contribution in [2.75, 3.05) is 12.3 Å². The van der Waals surface area contributed by atoms with Crippen molar-refractivity contribution in [2.24, 2.45) is 5.92 Å². The lowest BCUT2D eigenvalue weighted by Gasteiger charge is -2.13. The van der Waals surface area contributed by atoms with E-state index in [4.69, 9.17) is 0 Å². The van der Waals surface area contributed by atoms with Crippen LogP contribution in [-0.2, 0) is 4.79 Å². The minimum absolute atomic E-state index is 0.114. The summed E-state index contributed by atoms with van der Waals surface area (Å²) in [6.07, 6.45) is 0.482. The van der Waals surface area contributed by atoms with E-state index in [2.05, 4.69) is 5.32 Å². The fourth-order valence-corrected chi connectivity index (χ4v) is 2.65. The van der Waals surface area contributed by atoms with Crippen molar-refractivity contribution >= 4 is 17.7 Å². The van der Waals surface area contributed by atoms with Gasteiger partial charge >= 0.3 is 0 Å².